The van der Waals surface area contributed by atoms with E-state index in [4.69, 9.17) is 9.47 Å². The third-order valence-electron chi connectivity index (χ3n) is 3.39. The average molecular weight is 355 g/mol. The van der Waals surface area contributed by atoms with Gasteiger partial charge in [0.15, 0.2) is 18.1 Å². The molecule has 0 unspecified atom stereocenters. The molecular weight excluding hydrogens is 338 g/mol. The fraction of sp³-hybridized carbons (Fsp3) is 0.167. The van der Waals surface area contributed by atoms with Gasteiger partial charge in [0.25, 0.3) is 5.91 Å². The number of aromatic nitrogens is 2. The highest BCUT2D eigenvalue weighted by atomic mass is 32.1. The van der Waals surface area contributed by atoms with E-state index in [0.717, 1.165) is 16.3 Å². The van der Waals surface area contributed by atoms with Crippen LogP contribution in [0.15, 0.2) is 54.2 Å². The van der Waals surface area contributed by atoms with Crippen LogP contribution in [0.25, 0.3) is 11.3 Å². The number of pyridine rings is 1. The molecule has 128 valence electrons. The second-order valence-corrected chi connectivity index (χ2v) is 6.02. The molecular formula is C18H17N3O3S. The Hall–Kier alpha value is -2.93. The van der Waals surface area contributed by atoms with E-state index in [1.54, 1.807) is 31.6 Å². The number of para-hydroxylation sites is 2. The first kappa shape index (κ1) is 16.9. The molecule has 0 aliphatic rings. The number of amides is 1. The van der Waals surface area contributed by atoms with Crippen molar-refractivity contribution in [3.8, 4) is 22.8 Å². The zero-order valence-electron chi connectivity index (χ0n) is 13.6. The smallest absolute Gasteiger partial charge is 0.258 e. The molecule has 6 nitrogen and oxygen atoms in total. The molecule has 0 saturated heterocycles. The molecule has 1 amide bonds. The van der Waals surface area contributed by atoms with Gasteiger partial charge in [0.1, 0.15) is 5.01 Å². The third kappa shape index (κ3) is 4.54. The number of thiazole rings is 1. The zero-order valence-corrected chi connectivity index (χ0v) is 14.5. The molecule has 0 bridgehead atoms. The fourth-order valence-electron chi connectivity index (χ4n) is 2.15. The first-order valence-electron chi connectivity index (χ1n) is 7.63. The lowest BCUT2D eigenvalue weighted by Crippen LogP contribution is -2.28. The summed E-state index contributed by atoms with van der Waals surface area (Å²) in [6.45, 7) is 0.285. The molecule has 0 radical (unpaired) electrons. The number of methoxy groups -OCH3 is 1. The van der Waals surface area contributed by atoms with Gasteiger partial charge >= 0.3 is 0 Å². The molecule has 3 aromatic rings. The summed E-state index contributed by atoms with van der Waals surface area (Å²) in [4.78, 5) is 20.5. The topological polar surface area (TPSA) is 73.3 Å². The number of nitrogens with zero attached hydrogens (tertiary/aromatic N) is 2. The number of hydrogen-bond donors (Lipinski definition) is 1. The van der Waals surface area contributed by atoms with Gasteiger partial charge in [0, 0.05) is 23.3 Å². The van der Waals surface area contributed by atoms with E-state index < -0.39 is 0 Å². The molecule has 0 atom stereocenters. The van der Waals surface area contributed by atoms with Gasteiger partial charge in [-0.05, 0) is 24.3 Å². The number of benzene rings is 1. The van der Waals surface area contributed by atoms with Crippen molar-refractivity contribution in [2.24, 2.45) is 0 Å². The van der Waals surface area contributed by atoms with Crippen molar-refractivity contribution in [2.45, 2.75) is 6.54 Å². The van der Waals surface area contributed by atoms with E-state index in [1.165, 1.54) is 11.3 Å². The number of carbonyl (C=O) groups is 1. The monoisotopic (exact) mass is 355 g/mol. The van der Waals surface area contributed by atoms with Crippen LogP contribution in [-0.4, -0.2) is 29.6 Å². The molecule has 0 saturated carbocycles. The lowest BCUT2D eigenvalue weighted by Gasteiger charge is -2.10. The Morgan fingerprint density at radius 2 is 1.92 bits per heavy atom. The first-order valence-corrected chi connectivity index (χ1v) is 8.51. The highest BCUT2D eigenvalue weighted by molar-refractivity contribution is 7.09. The third-order valence-corrected chi connectivity index (χ3v) is 4.24. The van der Waals surface area contributed by atoms with Crippen molar-refractivity contribution >= 4 is 17.2 Å². The van der Waals surface area contributed by atoms with Gasteiger partial charge in [0.05, 0.1) is 19.3 Å². The van der Waals surface area contributed by atoms with Gasteiger partial charge in [-0.25, -0.2) is 4.98 Å². The highest BCUT2D eigenvalue weighted by Gasteiger charge is 2.09. The van der Waals surface area contributed by atoms with Crippen molar-refractivity contribution < 1.29 is 14.3 Å². The Labute approximate surface area is 149 Å². The normalized spacial score (nSPS) is 10.3. The van der Waals surface area contributed by atoms with E-state index in [2.05, 4.69) is 15.3 Å². The predicted molar refractivity (Wildman–Crippen MR) is 95.7 cm³/mol. The van der Waals surface area contributed by atoms with E-state index in [-0.39, 0.29) is 12.5 Å². The van der Waals surface area contributed by atoms with Crippen molar-refractivity contribution in [1.29, 1.82) is 0 Å². The van der Waals surface area contributed by atoms with Crippen LogP contribution in [-0.2, 0) is 11.3 Å². The number of nitrogens with one attached hydrogen (secondary N) is 1. The van der Waals surface area contributed by atoms with Crippen LogP contribution in [0.5, 0.6) is 11.5 Å². The molecule has 1 N–H and O–H groups in total. The number of rotatable bonds is 7. The van der Waals surface area contributed by atoms with Gasteiger partial charge in [0.2, 0.25) is 0 Å². The molecule has 0 spiro atoms. The van der Waals surface area contributed by atoms with Gasteiger partial charge < -0.3 is 14.8 Å². The van der Waals surface area contributed by atoms with Crippen LogP contribution in [0.4, 0.5) is 0 Å². The van der Waals surface area contributed by atoms with Crippen LogP contribution in [0.3, 0.4) is 0 Å². The van der Waals surface area contributed by atoms with Crippen molar-refractivity contribution in [3.05, 3.63) is 59.2 Å². The number of ether oxygens (including phenoxy) is 2. The summed E-state index contributed by atoms with van der Waals surface area (Å²) in [6, 6.07) is 11.0. The average Bonchev–Trinajstić information content (AvgIpc) is 3.14. The molecule has 0 aliphatic heterocycles. The zero-order chi connectivity index (χ0) is 17.5. The molecule has 2 aromatic heterocycles. The molecule has 7 heteroatoms. The van der Waals surface area contributed by atoms with Crippen molar-refractivity contribution in [3.63, 3.8) is 0 Å². The van der Waals surface area contributed by atoms with Crippen LogP contribution < -0.4 is 14.8 Å². The lowest BCUT2D eigenvalue weighted by molar-refractivity contribution is -0.123. The summed E-state index contributed by atoms with van der Waals surface area (Å²) >= 11 is 1.50. The van der Waals surface area contributed by atoms with Crippen LogP contribution in [0.1, 0.15) is 5.01 Å². The Morgan fingerprint density at radius 3 is 2.68 bits per heavy atom. The maximum absolute atomic E-state index is 12.0. The van der Waals surface area contributed by atoms with Crippen LogP contribution >= 0.6 is 11.3 Å². The minimum Gasteiger partial charge on any atom is -0.493 e. The van der Waals surface area contributed by atoms with E-state index in [0.29, 0.717) is 18.0 Å². The summed E-state index contributed by atoms with van der Waals surface area (Å²) in [6.07, 6.45) is 3.46. The van der Waals surface area contributed by atoms with E-state index in [9.17, 15) is 4.79 Å². The maximum atomic E-state index is 12.0. The predicted octanol–water partition coefficient (Wildman–Crippen LogP) is 2.91. The standard InChI is InChI=1S/C18H17N3O3S/c1-23-15-4-2-3-5-16(15)24-11-17(22)20-10-18-21-14(12-25-18)13-6-8-19-9-7-13/h2-9,12H,10-11H2,1H3,(H,20,22). The van der Waals surface area contributed by atoms with Crippen molar-refractivity contribution in [1.82, 2.24) is 15.3 Å². The Kier molecular flexibility index (Phi) is 5.58. The minimum atomic E-state index is -0.216. The SMILES string of the molecule is COc1ccccc1OCC(=O)NCc1nc(-c2ccncc2)cs1. The van der Waals surface area contributed by atoms with Gasteiger partial charge in [-0.2, -0.15) is 0 Å². The van der Waals surface area contributed by atoms with E-state index >= 15 is 0 Å². The molecule has 2 heterocycles. The molecule has 25 heavy (non-hydrogen) atoms. The molecule has 3 rings (SSSR count). The second-order valence-electron chi connectivity index (χ2n) is 5.08. The molecule has 0 aliphatic carbocycles. The molecule has 0 fully saturated rings. The summed E-state index contributed by atoms with van der Waals surface area (Å²) in [5.74, 6) is 0.915. The Bertz CT molecular complexity index is 836. The first-order chi connectivity index (χ1) is 12.3. The van der Waals surface area contributed by atoms with Gasteiger partial charge in [-0.15, -0.1) is 11.3 Å². The highest BCUT2D eigenvalue weighted by Crippen LogP contribution is 2.25. The van der Waals surface area contributed by atoms with Crippen LogP contribution in [0.2, 0.25) is 0 Å². The van der Waals surface area contributed by atoms with Crippen LogP contribution in [0, 0.1) is 0 Å². The summed E-state index contributed by atoms with van der Waals surface area (Å²) in [5.41, 5.74) is 1.88. The second kappa shape index (κ2) is 8.25. The quantitative estimate of drug-likeness (QED) is 0.705. The van der Waals surface area contributed by atoms with E-state index in [1.807, 2.05) is 29.6 Å². The summed E-state index contributed by atoms with van der Waals surface area (Å²) in [5, 5.41) is 5.59. The number of hydrogen-bond acceptors (Lipinski definition) is 6. The Morgan fingerprint density at radius 1 is 1.16 bits per heavy atom. The molecule has 1 aromatic carbocycles. The van der Waals surface area contributed by atoms with Crippen molar-refractivity contribution in [2.75, 3.05) is 13.7 Å². The minimum absolute atomic E-state index is 0.0804. The largest absolute Gasteiger partial charge is 0.493 e. The van der Waals surface area contributed by atoms with Gasteiger partial charge in [-0.1, -0.05) is 12.1 Å². The summed E-state index contributed by atoms with van der Waals surface area (Å²) < 4.78 is 10.7. The lowest BCUT2D eigenvalue weighted by atomic mass is 10.2. The fourth-order valence-corrected chi connectivity index (χ4v) is 2.90. The number of carbonyl (C=O) groups excluding carboxylic acids is 1. The summed E-state index contributed by atoms with van der Waals surface area (Å²) in [7, 11) is 1.56. The Balaban J connectivity index is 1.50. The van der Waals surface area contributed by atoms with Gasteiger partial charge in [-0.3, -0.25) is 9.78 Å². The maximum Gasteiger partial charge on any atom is 0.258 e.